The van der Waals surface area contributed by atoms with Gasteiger partial charge in [-0.3, -0.25) is 0 Å². The van der Waals surface area contributed by atoms with Gasteiger partial charge in [0.05, 0.1) is 33.9 Å². The molecule has 0 saturated carbocycles. The van der Waals surface area contributed by atoms with Gasteiger partial charge >= 0.3 is 0 Å². The number of nitrogens with zero attached hydrogens (tertiary/aromatic N) is 4. The van der Waals surface area contributed by atoms with Gasteiger partial charge in [-0.1, -0.05) is 18.2 Å². The lowest BCUT2D eigenvalue weighted by Crippen LogP contribution is -2.29. The monoisotopic (exact) mass is 427 g/mol. The molecular weight excluding hydrogens is 404 g/mol. The third-order valence-corrected chi connectivity index (χ3v) is 7.37. The molecule has 0 aliphatic heterocycles. The van der Waals surface area contributed by atoms with Gasteiger partial charge in [-0.2, -0.15) is 0 Å². The largest absolute Gasteiger partial charge is 0.317 e. The summed E-state index contributed by atoms with van der Waals surface area (Å²) in [4.78, 5) is 7.82. The summed E-state index contributed by atoms with van der Waals surface area (Å²) >= 11 is 0. The predicted octanol–water partition coefficient (Wildman–Crippen LogP) is 7.14. The number of para-hydroxylation sites is 1. The van der Waals surface area contributed by atoms with Crippen molar-refractivity contribution in [2.24, 2.45) is 7.05 Å². The number of fused-ring (bicyclic) bond motifs is 5. The number of benzene rings is 3. The third kappa shape index (κ3) is 2.31. The zero-order chi connectivity index (χ0) is 23.2. The van der Waals surface area contributed by atoms with E-state index in [2.05, 4.69) is 76.1 Å². The SMILES string of the molecule is [C-]#[N+]c1cccc2c3cc(C)c(C)c4c3n(c3cc(C(C)(C)[N+]#[C-])cc5cc[n+](C)c4c53)c12. The molecule has 3 aromatic heterocycles. The molecule has 0 saturated heterocycles. The third-order valence-electron chi connectivity index (χ3n) is 7.37. The molecule has 0 fully saturated rings. The first-order valence-electron chi connectivity index (χ1n) is 11.1. The molecule has 0 amide bonds. The fourth-order valence-electron chi connectivity index (χ4n) is 5.43. The van der Waals surface area contributed by atoms with Crippen molar-refractivity contribution in [3.05, 3.63) is 88.2 Å². The predicted molar refractivity (Wildman–Crippen MR) is 135 cm³/mol. The maximum Gasteiger partial charge on any atom is 0.252 e. The normalized spacial score (nSPS) is 12.3. The van der Waals surface area contributed by atoms with Crippen LogP contribution in [0, 0.1) is 27.0 Å². The van der Waals surface area contributed by atoms with Gasteiger partial charge in [0.1, 0.15) is 7.05 Å². The Balaban J connectivity index is 2.09. The van der Waals surface area contributed by atoms with E-state index >= 15 is 0 Å². The van der Waals surface area contributed by atoms with Crippen molar-refractivity contribution < 1.29 is 4.57 Å². The first-order chi connectivity index (χ1) is 15.8. The molecule has 0 aliphatic rings. The van der Waals surface area contributed by atoms with E-state index < -0.39 is 5.54 Å². The molecule has 0 atom stereocenters. The topological polar surface area (TPSA) is 17.0 Å². The molecule has 158 valence electrons. The first kappa shape index (κ1) is 19.5. The number of aromatic nitrogens is 2. The number of rotatable bonds is 1. The maximum atomic E-state index is 7.89. The van der Waals surface area contributed by atoms with Crippen LogP contribution in [0.25, 0.3) is 58.7 Å². The Bertz CT molecular complexity index is 1890. The van der Waals surface area contributed by atoms with Crippen molar-refractivity contribution >= 4 is 54.7 Å². The second-order valence-corrected chi connectivity index (χ2v) is 9.62. The molecular formula is C29H23N4+. The van der Waals surface area contributed by atoms with Crippen molar-refractivity contribution in [1.29, 1.82) is 0 Å². The van der Waals surface area contributed by atoms with Gasteiger partial charge in [0.15, 0.2) is 6.20 Å². The van der Waals surface area contributed by atoms with Crippen LogP contribution in [0.1, 0.15) is 30.5 Å². The average Bonchev–Trinajstić information content (AvgIpc) is 3.14. The van der Waals surface area contributed by atoms with E-state index in [9.17, 15) is 0 Å². The zero-order valence-electron chi connectivity index (χ0n) is 19.4. The second-order valence-electron chi connectivity index (χ2n) is 9.62. The Morgan fingerprint density at radius 1 is 0.939 bits per heavy atom. The Labute approximate surface area is 192 Å². The summed E-state index contributed by atoms with van der Waals surface area (Å²) in [5.74, 6) is 0. The van der Waals surface area contributed by atoms with Crippen LogP contribution in [-0.4, -0.2) is 4.40 Å². The van der Waals surface area contributed by atoms with Gasteiger partial charge in [0.25, 0.3) is 5.54 Å². The molecule has 3 aromatic carbocycles. The zero-order valence-corrected chi connectivity index (χ0v) is 19.4. The molecule has 0 N–H and O–H groups in total. The second kappa shape index (κ2) is 6.21. The lowest BCUT2D eigenvalue weighted by atomic mass is 9.90. The first-order valence-corrected chi connectivity index (χ1v) is 11.1. The van der Waals surface area contributed by atoms with Gasteiger partial charge in [-0.25, -0.2) is 16.0 Å². The van der Waals surface area contributed by atoms with E-state index in [4.69, 9.17) is 13.1 Å². The van der Waals surface area contributed by atoms with Gasteiger partial charge in [-0.15, -0.1) is 0 Å². The van der Waals surface area contributed by atoms with E-state index in [1.54, 1.807) is 0 Å². The van der Waals surface area contributed by atoms with Crippen LogP contribution in [0.2, 0.25) is 0 Å². The van der Waals surface area contributed by atoms with E-state index in [0.717, 1.165) is 32.9 Å². The quantitative estimate of drug-likeness (QED) is 0.115. The highest BCUT2D eigenvalue weighted by Gasteiger charge is 2.30. The van der Waals surface area contributed by atoms with E-state index in [1.807, 2.05) is 26.0 Å². The highest BCUT2D eigenvalue weighted by Crippen LogP contribution is 2.44. The van der Waals surface area contributed by atoms with Gasteiger partial charge in [0.2, 0.25) is 11.2 Å². The summed E-state index contributed by atoms with van der Waals surface area (Å²) in [6.45, 7) is 24.0. The van der Waals surface area contributed by atoms with E-state index in [-0.39, 0.29) is 0 Å². The highest BCUT2D eigenvalue weighted by atomic mass is 15.0. The van der Waals surface area contributed by atoms with Crippen molar-refractivity contribution in [3.8, 4) is 0 Å². The van der Waals surface area contributed by atoms with Gasteiger partial charge < -0.3 is 9.25 Å². The molecule has 6 aromatic rings. The lowest BCUT2D eigenvalue weighted by molar-refractivity contribution is -0.643. The Hall–Kier alpha value is -4.15. The number of hydrogen-bond acceptors (Lipinski definition) is 0. The summed E-state index contributed by atoms with van der Waals surface area (Å²) in [5, 5.41) is 5.79. The lowest BCUT2D eigenvalue weighted by Gasteiger charge is -2.17. The standard InChI is InChI=1S/C29H23N4/c1-16-13-21-20-9-8-10-22(30-5)26(20)33-23-15-19(29(3,4)31-6)14-18-11-12-32(7)28(25(18)23)24(17(16)2)27(21)33/h8-15H,1-4,7H3/q+1. The number of aryl methyl sites for hydroxylation is 3. The Morgan fingerprint density at radius 3 is 2.45 bits per heavy atom. The van der Waals surface area contributed by atoms with E-state index in [1.165, 1.54) is 32.8 Å². The van der Waals surface area contributed by atoms with Crippen molar-refractivity contribution in [2.45, 2.75) is 33.2 Å². The summed E-state index contributed by atoms with van der Waals surface area (Å²) < 4.78 is 4.50. The minimum atomic E-state index is -0.642. The molecule has 3 heterocycles. The Kier molecular flexibility index (Phi) is 3.68. The number of hydrogen-bond donors (Lipinski definition) is 0. The maximum absolute atomic E-state index is 7.89. The summed E-state index contributed by atoms with van der Waals surface area (Å²) in [6, 6.07) is 14.7. The molecule has 0 radical (unpaired) electrons. The fourth-order valence-corrected chi connectivity index (χ4v) is 5.43. The number of pyridine rings is 2. The average molecular weight is 428 g/mol. The summed E-state index contributed by atoms with van der Waals surface area (Å²) in [7, 11) is 2.10. The van der Waals surface area contributed by atoms with Crippen molar-refractivity contribution in [3.63, 3.8) is 0 Å². The minimum Gasteiger partial charge on any atom is -0.317 e. The summed E-state index contributed by atoms with van der Waals surface area (Å²) in [5.41, 5.74) is 7.85. The van der Waals surface area contributed by atoms with Crippen LogP contribution in [0.5, 0.6) is 0 Å². The van der Waals surface area contributed by atoms with Crippen LogP contribution in [0.3, 0.4) is 0 Å². The molecule has 4 nitrogen and oxygen atoms in total. The van der Waals surface area contributed by atoms with Crippen LogP contribution in [-0.2, 0) is 12.6 Å². The minimum absolute atomic E-state index is 0.642. The molecule has 6 rings (SSSR count). The molecule has 4 heteroatoms. The molecule has 33 heavy (non-hydrogen) atoms. The highest BCUT2D eigenvalue weighted by molar-refractivity contribution is 6.27. The van der Waals surface area contributed by atoms with Crippen molar-refractivity contribution in [2.75, 3.05) is 0 Å². The van der Waals surface area contributed by atoms with Crippen LogP contribution in [0.4, 0.5) is 5.69 Å². The summed E-state index contributed by atoms with van der Waals surface area (Å²) in [6.07, 6.45) is 2.12. The Morgan fingerprint density at radius 2 is 1.73 bits per heavy atom. The molecule has 0 spiro atoms. The van der Waals surface area contributed by atoms with Crippen LogP contribution in [0.15, 0.2) is 48.7 Å². The van der Waals surface area contributed by atoms with Gasteiger partial charge in [-0.05, 0) is 53.9 Å². The van der Waals surface area contributed by atoms with Crippen molar-refractivity contribution in [1.82, 2.24) is 4.40 Å². The van der Waals surface area contributed by atoms with Crippen LogP contribution < -0.4 is 4.57 Å². The fraction of sp³-hybridized carbons (Fsp3) is 0.207. The molecule has 0 unspecified atom stereocenters. The molecule has 0 aliphatic carbocycles. The molecule has 0 bridgehead atoms. The van der Waals surface area contributed by atoms with E-state index in [0.29, 0.717) is 5.69 Å². The smallest absolute Gasteiger partial charge is 0.252 e. The van der Waals surface area contributed by atoms with Crippen LogP contribution >= 0.6 is 0 Å². The van der Waals surface area contributed by atoms with Gasteiger partial charge in [0, 0.05) is 30.9 Å².